The lowest BCUT2D eigenvalue weighted by Crippen LogP contribution is -2.22. The normalized spacial score (nSPS) is 14.1. The maximum atomic E-state index is 9.68. The number of para-hydroxylation sites is 1. The Balaban J connectivity index is 1.19. The molecule has 0 fully saturated rings. The molecule has 0 amide bonds. The van der Waals surface area contributed by atoms with E-state index in [1.807, 2.05) is 42.5 Å². The van der Waals surface area contributed by atoms with Gasteiger partial charge in [0.1, 0.15) is 11.0 Å². The van der Waals surface area contributed by atoms with Gasteiger partial charge in [-0.2, -0.15) is 10.5 Å². The number of nitrogens with zero attached hydrogens (tertiary/aromatic N) is 4. The van der Waals surface area contributed by atoms with Gasteiger partial charge in [-0.3, -0.25) is 0 Å². The highest BCUT2D eigenvalue weighted by Gasteiger charge is 2.37. The third kappa shape index (κ3) is 3.65. The minimum atomic E-state index is -0.0813. The van der Waals surface area contributed by atoms with E-state index >= 15 is 0 Å². The van der Waals surface area contributed by atoms with E-state index in [1.54, 1.807) is 0 Å². The van der Waals surface area contributed by atoms with Crippen LogP contribution in [0.25, 0.3) is 88.9 Å². The quantitative estimate of drug-likeness (QED) is 0.185. The van der Waals surface area contributed by atoms with Crippen molar-refractivity contribution in [3.8, 4) is 29.0 Å². The number of hydrogen-bond donors (Lipinski definition) is 0. The summed E-state index contributed by atoms with van der Waals surface area (Å²) in [6.07, 6.45) is 2.86. The van der Waals surface area contributed by atoms with Crippen LogP contribution in [0, 0.1) is 22.7 Å². The fourth-order valence-corrected chi connectivity index (χ4v) is 9.03. The van der Waals surface area contributed by atoms with Crippen LogP contribution in [0.15, 0.2) is 120 Å². The van der Waals surface area contributed by atoms with E-state index in [0.29, 0.717) is 17.5 Å². The molecular formula is C47H28N4O. The van der Waals surface area contributed by atoms with E-state index in [-0.39, 0.29) is 5.41 Å². The van der Waals surface area contributed by atoms with Gasteiger partial charge in [0.25, 0.3) is 0 Å². The molecule has 3 aromatic heterocycles. The number of furan rings is 1. The van der Waals surface area contributed by atoms with Crippen molar-refractivity contribution in [1.82, 2.24) is 9.13 Å². The molecule has 2 aliphatic rings. The molecule has 3 heterocycles. The maximum Gasteiger partial charge on any atom is 0.139 e. The number of rotatable bonds is 2. The van der Waals surface area contributed by atoms with Gasteiger partial charge in [0, 0.05) is 44.5 Å². The van der Waals surface area contributed by atoms with Gasteiger partial charge in [-0.1, -0.05) is 68.1 Å². The Morgan fingerprint density at radius 2 is 1.35 bits per heavy atom. The molecule has 0 N–H and O–H groups in total. The number of nitriles is 2. The van der Waals surface area contributed by atoms with E-state index in [0.717, 1.165) is 54.8 Å². The Morgan fingerprint density at radius 3 is 2.12 bits per heavy atom. The summed E-state index contributed by atoms with van der Waals surface area (Å²) >= 11 is 0. The van der Waals surface area contributed by atoms with Crippen LogP contribution in [-0.2, 0) is 5.41 Å². The van der Waals surface area contributed by atoms with Crippen LogP contribution in [0.2, 0.25) is 0 Å². The molecule has 0 aliphatic heterocycles. The molecular weight excluding hydrogens is 637 g/mol. The first-order valence-corrected chi connectivity index (χ1v) is 17.5. The highest BCUT2D eigenvalue weighted by Crippen LogP contribution is 2.53. The number of fused-ring (bicyclic) bond motifs is 13. The van der Waals surface area contributed by atoms with E-state index in [1.165, 1.54) is 44.1 Å². The lowest BCUT2D eigenvalue weighted by atomic mass is 9.82. The summed E-state index contributed by atoms with van der Waals surface area (Å²) in [5.74, 6) is 0. The first kappa shape index (κ1) is 28.8. The molecule has 0 radical (unpaired) electrons. The average molecular weight is 665 g/mol. The van der Waals surface area contributed by atoms with Gasteiger partial charge in [-0.15, -0.1) is 0 Å². The van der Waals surface area contributed by atoms with Crippen LogP contribution in [0.3, 0.4) is 0 Å². The van der Waals surface area contributed by atoms with Crippen LogP contribution in [-0.4, -0.2) is 9.13 Å². The van der Waals surface area contributed by atoms with Crippen LogP contribution >= 0.6 is 0 Å². The number of aromatic nitrogens is 2. The lowest BCUT2D eigenvalue weighted by Gasteiger charge is -2.21. The molecule has 11 rings (SSSR count). The minimum absolute atomic E-state index is 0.0813. The van der Waals surface area contributed by atoms with Gasteiger partial charge in [-0.25, -0.2) is 0 Å². The van der Waals surface area contributed by atoms with Gasteiger partial charge in [0.2, 0.25) is 0 Å². The Kier molecular flexibility index (Phi) is 5.55. The van der Waals surface area contributed by atoms with Crippen LogP contribution in [0.5, 0.6) is 0 Å². The second kappa shape index (κ2) is 10.0. The summed E-state index contributed by atoms with van der Waals surface area (Å²) in [5.41, 5.74) is 18.3. The molecule has 9 aromatic rings. The molecule has 52 heavy (non-hydrogen) atoms. The first-order valence-electron chi connectivity index (χ1n) is 17.5. The van der Waals surface area contributed by atoms with Gasteiger partial charge in [-0.05, 0) is 95.1 Å². The fraction of sp³-hybridized carbons (Fsp3) is 0.0851. The third-order valence-corrected chi connectivity index (χ3v) is 11.4. The number of benzene rings is 6. The Bertz CT molecular complexity index is 3290. The third-order valence-electron chi connectivity index (χ3n) is 11.4. The molecule has 0 saturated carbocycles. The highest BCUT2D eigenvalue weighted by atomic mass is 16.3. The molecule has 6 aromatic carbocycles. The topological polar surface area (TPSA) is 70.6 Å². The zero-order valence-electron chi connectivity index (χ0n) is 28.5. The molecule has 0 unspecified atom stereocenters. The van der Waals surface area contributed by atoms with Crippen molar-refractivity contribution in [2.75, 3.05) is 0 Å². The molecule has 2 aliphatic carbocycles. The van der Waals surface area contributed by atoms with Crippen molar-refractivity contribution in [3.05, 3.63) is 148 Å². The van der Waals surface area contributed by atoms with Crippen LogP contribution in [0.1, 0.15) is 42.5 Å². The monoisotopic (exact) mass is 664 g/mol. The van der Waals surface area contributed by atoms with Crippen molar-refractivity contribution in [1.29, 1.82) is 10.5 Å². The van der Waals surface area contributed by atoms with Gasteiger partial charge in [0.15, 0.2) is 0 Å². The second-order valence-corrected chi connectivity index (χ2v) is 14.4. The predicted octanol–water partition coefficient (Wildman–Crippen LogP) is 9.79. The largest absolute Gasteiger partial charge is 0.456 e. The van der Waals surface area contributed by atoms with Crippen LogP contribution in [0.4, 0.5) is 0 Å². The van der Waals surface area contributed by atoms with Crippen molar-refractivity contribution < 1.29 is 4.42 Å². The summed E-state index contributed by atoms with van der Waals surface area (Å²) in [7, 11) is 0. The zero-order chi connectivity index (χ0) is 34.9. The summed E-state index contributed by atoms with van der Waals surface area (Å²) < 4.78 is 11.0. The van der Waals surface area contributed by atoms with Crippen molar-refractivity contribution in [3.63, 3.8) is 0 Å². The molecule has 5 nitrogen and oxygen atoms in total. The van der Waals surface area contributed by atoms with Crippen LogP contribution < -0.4 is 10.6 Å². The summed E-state index contributed by atoms with van der Waals surface area (Å²) in [4.78, 5) is 0. The second-order valence-electron chi connectivity index (χ2n) is 14.4. The smallest absolute Gasteiger partial charge is 0.139 e. The molecule has 0 atom stereocenters. The summed E-state index contributed by atoms with van der Waals surface area (Å²) in [6.45, 7) is 4.67. The van der Waals surface area contributed by atoms with Crippen molar-refractivity contribution in [2.24, 2.45) is 0 Å². The van der Waals surface area contributed by atoms with Crippen molar-refractivity contribution in [2.45, 2.75) is 25.7 Å². The van der Waals surface area contributed by atoms with E-state index < -0.39 is 0 Å². The Labute approximate surface area is 298 Å². The zero-order valence-corrected chi connectivity index (χ0v) is 28.5. The number of allylic oxidation sites excluding steroid dienone is 1. The standard InChI is InChI=1S/C47H28N4O/c1-47(2)37-9-5-3-7-31(37)45-38(47)15-18-42-46(45)32-8-4-6-10-39(32)51(42)30-14-20-44-36(24-30)35-23-29(13-19-43(35)52-44)50-40-16-11-27(25-48)21-33(40)34-22-28(26-49)12-17-41(34)50/h3-13,15-23H,14H2,1-2H3. The lowest BCUT2D eigenvalue weighted by molar-refractivity contribution is 0.574. The van der Waals surface area contributed by atoms with Crippen molar-refractivity contribution >= 4 is 72.1 Å². The molecule has 0 spiro atoms. The Hall–Kier alpha value is -7.04. The SMILES string of the molecule is CC1(C)c2ccccc2-c2c1ccc1c2c2ccccc2n1C1=C=c2c(oc3ccc(-n4c5ccc(C#N)cc5c5cc(C#N)ccc54)cc23)=CC1. The van der Waals surface area contributed by atoms with E-state index in [4.69, 9.17) is 4.42 Å². The van der Waals surface area contributed by atoms with E-state index in [2.05, 4.69) is 120 Å². The minimum Gasteiger partial charge on any atom is -0.456 e. The summed E-state index contributed by atoms with van der Waals surface area (Å²) in [6, 6.07) is 44.6. The molecule has 5 heteroatoms. The fourth-order valence-electron chi connectivity index (χ4n) is 9.03. The average Bonchev–Trinajstić information content (AvgIpc) is 3.89. The first-order chi connectivity index (χ1) is 25.4. The maximum absolute atomic E-state index is 9.68. The molecule has 0 bridgehead atoms. The summed E-state index contributed by atoms with van der Waals surface area (Å²) in [5, 5.41) is 25.7. The van der Waals surface area contributed by atoms with E-state index in [9.17, 15) is 10.5 Å². The Morgan fingerprint density at radius 1 is 0.654 bits per heavy atom. The van der Waals surface area contributed by atoms with Gasteiger partial charge < -0.3 is 13.6 Å². The predicted molar refractivity (Wildman–Crippen MR) is 208 cm³/mol. The van der Waals surface area contributed by atoms with Gasteiger partial charge in [0.05, 0.1) is 56.2 Å². The number of hydrogen-bond acceptors (Lipinski definition) is 3. The molecule has 242 valence electrons. The highest BCUT2D eigenvalue weighted by molar-refractivity contribution is 6.18. The molecule has 0 saturated heterocycles. The van der Waals surface area contributed by atoms with Gasteiger partial charge >= 0.3 is 0 Å².